The fraction of sp³-hybridized carbons (Fsp3) is 0.333. The molecule has 0 saturated heterocycles. The van der Waals surface area contributed by atoms with Crippen molar-refractivity contribution < 1.29 is 9.53 Å². The highest BCUT2D eigenvalue weighted by Crippen LogP contribution is 2.37. The molecule has 1 N–H and O–H groups in total. The summed E-state index contributed by atoms with van der Waals surface area (Å²) >= 11 is 0. The predicted octanol–water partition coefficient (Wildman–Crippen LogP) is 3.82. The van der Waals surface area contributed by atoms with Gasteiger partial charge in [-0.25, -0.2) is 4.79 Å². The summed E-state index contributed by atoms with van der Waals surface area (Å²) in [5.41, 5.74) is 3.09. The third-order valence-corrected chi connectivity index (χ3v) is 3.78. The van der Waals surface area contributed by atoms with E-state index < -0.39 is 0 Å². The van der Waals surface area contributed by atoms with Crippen LogP contribution in [0.15, 0.2) is 35.5 Å². The summed E-state index contributed by atoms with van der Waals surface area (Å²) in [6.45, 7) is 7.88. The quantitative estimate of drug-likeness (QED) is 0.856. The van der Waals surface area contributed by atoms with Crippen molar-refractivity contribution in [3.63, 3.8) is 0 Å². The fourth-order valence-electron chi connectivity index (χ4n) is 2.87. The molecule has 1 aliphatic rings. The lowest BCUT2D eigenvalue weighted by molar-refractivity contribution is -0.140. The number of hydrogen-bond acceptors (Lipinski definition) is 3. The second-order valence-corrected chi connectivity index (χ2v) is 6.42. The van der Waals surface area contributed by atoms with Crippen LogP contribution in [0.1, 0.15) is 39.0 Å². The summed E-state index contributed by atoms with van der Waals surface area (Å²) < 4.78 is 5.37. The van der Waals surface area contributed by atoms with E-state index in [0.29, 0.717) is 5.57 Å². The Kier molecular flexibility index (Phi) is 3.39. The van der Waals surface area contributed by atoms with E-state index in [4.69, 9.17) is 4.74 Å². The number of nitrogens with zero attached hydrogens (tertiary/aromatic N) is 1. The number of esters is 1. The molecule has 1 aromatic heterocycles. The Morgan fingerprint density at radius 3 is 2.73 bits per heavy atom. The van der Waals surface area contributed by atoms with Gasteiger partial charge in [0.25, 0.3) is 0 Å². The third kappa shape index (κ3) is 2.34. The third-order valence-electron chi connectivity index (χ3n) is 3.78. The number of nitrogens with one attached hydrogen (secondary N) is 1. The minimum atomic E-state index is -0.349. The van der Waals surface area contributed by atoms with E-state index in [-0.39, 0.29) is 17.5 Å². The van der Waals surface area contributed by atoms with Crippen molar-refractivity contribution in [1.29, 1.82) is 0 Å². The van der Waals surface area contributed by atoms with Crippen LogP contribution in [-0.2, 0) is 14.9 Å². The summed E-state index contributed by atoms with van der Waals surface area (Å²) in [6, 6.07) is 8.07. The number of carbonyl (C=O) groups is 1. The number of fused-ring (bicyclic) bond motifs is 3. The van der Waals surface area contributed by atoms with E-state index in [9.17, 15) is 4.79 Å². The van der Waals surface area contributed by atoms with Crippen molar-refractivity contribution in [3.05, 3.63) is 41.7 Å². The molecular weight excluding hydrogens is 276 g/mol. The smallest absolute Gasteiger partial charge is 0.342 e. The highest BCUT2D eigenvalue weighted by Gasteiger charge is 2.32. The van der Waals surface area contributed by atoms with Crippen LogP contribution < -0.4 is 0 Å². The van der Waals surface area contributed by atoms with E-state index in [0.717, 1.165) is 22.2 Å². The number of rotatable bonds is 2. The minimum absolute atomic E-state index is 0.165. The maximum absolute atomic E-state index is 12.4. The lowest BCUT2D eigenvalue weighted by atomic mass is 9.83. The van der Waals surface area contributed by atoms with E-state index in [1.54, 1.807) is 6.20 Å². The molecule has 3 rings (SSSR count). The Morgan fingerprint density at radius 1 is 1.27 bits per heavy atom. The number of para-hydroxylation sites is 1. The zero-order valence-corrected chi connectivity index (χ0v) is 13.3. The van der Waals surface area contributed by atoms with Gasteiger partial charge in [0.2, 0.25) is 0 Å². The molecule has 0 spiro atoms. The maximum atomic E-state index is 12.4. The van der Waals surface area contributed by atoms with Crippen LogP contribution >= 0.6 is 0 Å². The summed E-state index contributed by atoms with van der Waals surface area (Å²) in [4.78, 5) is 20.1. The zero-order valence-electron chi connectivity index (χ0n) is 13.3. The van der Waals surface area contributed by atoms with Crippen molar-refractivity contribution >= 4 is 28.7 Å². The van der Waals surface area contributed by atoms with Crippen LogP contribution in [0.3, 0.4) is 0 Å². The van der Waals surface area contributed by atoms with Gasteiger partial charge < -0.3 is 9.72 Å². The van der Waals surface area contributed by atoms with Crippen LogP contribution in [0.5, 0.6) is 0 Å². The number of aliphatic imine (C=N–C) groups is 1. The summed E-state index contributed by atoms with van der Waals surface area (Å²) in [7, 11) is 0. The first-order valence-corrected chi connectivity index (χ1v) is 7.47. The van der Waals surface area contributed by atoms with Gasteiger partial charge in [-0.05, 0) is 25.5 Å². The number of ether oxygens (including phenoxy) is 1. The average molecular weight is 296 g/mol. The summed E-state index contributed by atoms with van der Waals surface area (Å²) in [6.07, 6.45) is 3.30. The van der Waals surface area contributed by atoms with Gasteiger partial charge in [0.1, 0.15) is 5.57 Å². The first-order valence-electron chi connectivity index (χ1n) is 7.47. The number of aromatic nitrogens is 1. The Hall–Kier alpha value is -2.36. The van der Waals surface area contributed by atoms with Crippen molar-refractivity contribution in [2.45, 2.75) is 39.2 Å². The molecule has 114 valence electrons. The van der Waals surface area contributed by atoms with Gasteiger partial charge >= 0.3 is 5.97 Å². The average Bonchev–Trinajstić information content (AvgIpc) is 2.76. The molecule has 0 bridgehead atoms. The molecule has 1 aliphatic heterocycles. The van der Waals surface area contributed by atoms with Crippen LogP contribution in [0.4, 0.5) is 0 Å². The van der Waals surface area contributed by atoms with Gasteiger partial charge in [-0.2, -0.15) is 0 Å². The highest BCUT2D eigenvalue weighted by molar-refractivity contribution is 6.18. The van der Waals surface area contributed by atoms with Crippen LogP contribution in [0.25, 0.3) is 16.5 Å². The molecule has 0 aliphatic carbocycles. The summed E-state index contributed by atoms with van der Waals surface area (Å²) in [5.74, 6) is -0.349. The molecule has 0 radical (unpaired) electrons. The predicted molar refractivity (Wildman–Crippen MR) is 89.0 cm³/mol. The van der Waals surface area contributed by atoms with E-state index in [2.05, 4.69) is 29.9 Å². The fourth-order valence-corrected chi connectivity index (χ4v) is 2.87. The van der Waals surface area contributed by atoms with Gasteiger partial charge in [-0.1, -0.05) is 32.0 Å². The Labute approximate surface area is 129 Å². The van der Waals surface area contributed by atoms with Gasteiger partial charge in [0.05, 0.1) is 11.8 Å². The normalized spacial score (nSPS) is 16.3. The first-order chi connectivity index (χ1) is 10.4. The number of H-pyrrole nitrogens is 1. The van der Waals surface area contributed by atoms with Gasteiger partial charge in [0, 0.05) is 28.7 Å². The lowest BCUT2D eigenvalue weighted by Crippen LogP contribution is -2.20. The number of carbonyl (C=O) groups excluding carboxylic acids is 1. The molecule has 22 heavy (non-hydrogen) atoms. The summed E-state index contributed by atoms with van der Waals surface area (Å²) in [5, 5.41) is 1.11. The molecule has 2 aromatic rings. The molecule has 0 unspecified atom stereocenters. The van der Waals surface area contributed by atoms with Crippen molar-refractivity contribution in [3.8, 4) is 0 Å². The second-order valence-electron chi connectivity index (χ2n) is 6.42. The van der Waals surface area contributed by atoms with Gasteiger partial charge in [-0.15, -0.1) is 0 Å². The van der Waals surface area contributed by atoms with Gasteiger partial charge in [0.15, 0.2) is 0 Å². The van der Waals surface area contributed by atoms with Crippen LogP contribution in [0, 0.1) is 0 Å². The SMILES string of the molecule is CC(C)OC(=O)C1=CN=CC(C)(C)c2c1[nH]c1ccccc21. The topological polar surface area (TPSA) is 54.4 Å². The molecule has 0 fully saturated rings. The van der Waals surface area contributed by atoms with Crippen LogP contribution in [-0.4, -0.2) is 23.3 Å². The molecule has 4 heteroatoms. The largest absolute Gasteiger partial charge is 0.459 e. The molecule has 2 heterocycles. The molecule has 1 aromatic carbocycles. The molecular formula is C18H20N2O2. The molecule has 0 amide bonds. The minimum Gasteiger partial charge on any atom is -0.459 e. The highest BCUT2D eigenvalue weighted by atomic mass is 16.5. The standard InChI is InChI=1S/C18H20N2O2/c1-11(2)22-17(21)13-9-19-10-18(3,4)15-12-7-5-6-8-14(12)20-16(13)15/h5-11,20H,1-4H3. The lowest BCUT2D eigenvalue weighted by Gasteiger charge is -2.20. The van der Waals surface area contributed by atoms with E-state index in [1.807, 2.05) is 38.3 Å². The number of aromatic amines is 1. The van der Waals surface area contributed by atoms with E-state index in [1.165, 1.54) is 0 Å². The molecule has 0 atom stereocenters. The monoisotopic (exact) mass is 296 g/mol. The molecule has 0 saturated carbocycles. The Balaban J connectivity index is 2.23. The van der Waals surface area contributed by atoms with E-state index >= 15 is 0 Å². The van der Waals surface area contributed by atoms with Crippen LogP contribution in [0.2, 0.25) is 0 Å². The maximum Gasteiger partial charge on any atom is 0.342 e. The van der Waals surface area contributed by atoms with Crippen molar-refractivity contribution in [2.24, 2.45) is 4.99 Å². The number of benzene rings is 1. The Bertz CT molecular complexity index is 795. The second kappa shape index (κ2) is 5.13. The van der Waals surface area contributed by atoms with Crippen molar-refractivity contribution in [1.82, 2.24) is 4.98 Å². The first kappa shape index (κ1) is 14.6. The van der Waals surface area contributed by atoms with Gasteiger partial charge in [-0.3, -0.25) is 4.99 Å². The zero-order chi connectivity index (χ0) is 15.9. The molecule has 4 nitrogen and oxygen atoms in total. The van der Waals surface area contributed by atoms with Crippen molar-refractivity contribution in [2.75, 3.05) is 0 Å². The number of hydrogen-bond donors (Lipinski definition) is 1. The Morgan fingerprint density at radius 2 is 2.00 bits per heavy atom.